The minimum absolute atomic E-state index is 0.0822. The zero-order valence-corrected chi connectivity index (χ0v) is 17.9. The van der Waals surface area contributed by atoms with Crippen molar-refractivity contribution in [1.82, 2.24) is 15.1 Å². The number of likely N-dealkylation sites (N-methyl/N-ethyl adjacent to an activating group) is 1. The van der Waals surface area contributed by atoms with Crippen LogP contribution in [-0.4, -0.2) is 34.0 Å². The van der Waals surface area contributed by atoms with Crippen LogP contribution >= 0.6 is 11.3 Å². The molecule has 7 heteroatoms. The van der Waals surface area contributed by atoms with Gasteiger partial charge in [0, 0.05) is 19.0 Å². The Kier molecular flexibility index (Phi) is 5.90. The van der Waals surface area contributed by atoms with Gasteiger partial charge in [-0.25, -0.2) is 0 Å². The number of hydrogen-bond acceptors (Lipinski definition) is 5. The van der Waals surface area contributed by atoms with Gasteiger partial charge in [0.1, 0.15) is 5.01 Å². The predicted octanol–water partition coefficient (Wildman–Crippen LogP) is 4.43. The van der Waals surface area contributed by atoms with E-state index >= 15 is 0 Å². The largest absolute Gasteiger partial charge is 0.334 e. The van der Waals surface area contributed by atoms with Crippen molar-refractivity contribution >= 4 is 28.3 Å². The number of amides is 2. The van der Waals surface area contributed by atoms with Gasteiger partial charge in [-0.05, 0) is 23.6 Å². The quantitative estimate of drug-likeness (QED) is 0.640. The highest BCUT2D eigenvalue weighted by Crippen LogP contribution is 2.42. The molecule has 0 radical (unpaired) electrons. The Bertz CT molecular complexity index is 1050. The number of carbonyl (C=O) groups excluding carboxylic acids is 2. The van der Waals surface area contributed by atoms with E-state index in [9.17, 15) is 9.59 Å². The number of nitrogens with zero attached hydrogens (tertiary/aromatic N) is 3. The topological polar surface area (TPSA) is 75.2 Å². The molecular weight excluding hydrogens is 396 g/mol. The number of fused-ring (bicyclic) bond motifs is 1. The highest BCUT2D eigenvalue weighted by Gasteiger charge is 2.42. The lowest BCUT2D eigenvalue weighted by Gasteiger charge is -2.39. The molecule has 1 aliphatic rings. The summed E-state index contributed by atoms with van der Waals surface area (Å²) >= 11 is 1.41. The van der Waals surface area contributed by atoms with Crippen molar-refractivity contribution in [2.24, 2.45) is 0 Å². The summed E-state index contributed by atoms with van der Waals surface area (Å²) in [5.41, 5.74) is 2.22. The van der Waals surface area contributed by atoms with Crippen LogP contribution < -0.4 is 5.32 Å². The van der Waals surface area contributed by atoms with Gasteiger partial charge in [-0.3, -0.25) is 14.9 Å². The van der Waals surface area contributed by atoms with Crippen molar-refractivity contribution in [2.75, 3.05) is 12.4 Å². The number of aromatic nitrogens is 2. The standard InChI is InChI=1S/C23H24N4O2S/c1-3-4-14-18-25-26-23(30-18)24-21(28)19-16-12-8-9-13-17(16)22(29)27(2)20(19)15-10-6-5-7-11-15/h5-13,19-20H,3-4,14H2,1-2H3,(H,24,26,28)/t19-,20+/m1/s1. The molecule has 2 aromatic carbocycles. The van der Waals surface area contributed by atoms with Gasteiger partial charge in [0.05, 0.1) is 12.0 Å². The van der Waals surface area contributed by atoms with Gasteiger partial charge in [-0.2, -0.15) is 0 Å². The van der Waals surface area contributed by atoms with Gasteiger partial charge in [0.25, 0.3) is 5.91 Å². The number of anilines is 1. The van der Waals surface area contributed by atoms with Crippen LogP contribution in [-0.2, 0) is 11.2 Å². The number of carbonyl (C=O) groups is 2. The third-order valence-corrected chi connectivity index (χ3v) is 6.34. The maximum atomic E-state index is 13.5. The Morgan fingerprint density at radius 2 is 1.83 bits per heavy atom. The Morgan fingerprint density at radius 1 is 1.10 bits per heavy atom. The molecule has 1 aromatic heterocycles. The molecule has 0 unspecified atom stereocenters. The second-order valence-electron chi connectivity index (χ2n) is 7.43. The van der Waals surface area contributed by atoms with Gasteiger partial charge in [0.2, 0.25) is 11.0 Å². The fourth-order valence-corrected chi connectivity index (χ4v) is 4.72. The molecule has 0 spiro atoms. The van der Waals surface area contributed by atoms with E-state index in [1.807, 2.05) is 48.5 Å². The van der Waals surface area contributed by atoms with E-state index in [4.69, 9.17) is 0 Å². The zero-order chi connectivity index (χ0) is 21.1. The van der Waals surface area contributed by atoms with Crippen molar-refractivity contribution in [3.63, 3.8) is 0 Å². The summed E-state index contributed by atoms with van der Waals surface area (Å²) in [6.07, 6.45) is 2.99. The second-order valence-corrected chi connectivity index (χ2v) is 8.49. The van der Waals surface area contributed by atoms with Crippen LogP contribution in [0.5, 0.6) is 0 Å². The summed E-state index contributed by atoms with van der Waals surface area (Å²) in [7, 11) is 1.75. The fourth-order valence-electron chi connectivity index (χ4n) is 3.94. The van der Waals surface area contributed by atoms with Crippen molar-refractivity contribution in [3.05, 3.63) is 76.3 Å². The summed E-state index contributed by atoms with van der Waals surface area (Å²) in [5, 5.41) is 12.7. The number of nitrogens with one attached hydrogen (secondary N) is 1. The van der Waals surface area contributed by atoms with Crippen molar-refractivity contribution in [2.45, 2.75) is 38.1 Å². The Morgan fingerprint density at radius 3 is 2.60 bits per heavy atom. The van der Waals surface area contributed by atoms with E-state index in [1.165, 1.54) is 11.3 Å². The zero-order valence-electron chi connectivity index (χ0n) is 17.0. The first kappa shape index (κ1) is 20.2. The summed E-state index contributed by atoms with van der Waals surface area (Å²) in [6, 6.07) is 16.6. The Labute approximate surface area is 180 Å². The SMILES string of the molecule is CCCCc1nnc(NC(=O)[C@@H]2c3ccccc3C(=O)N(C)[C@H]2c2ccccc2)s1. The summed E-state index contributed by atoms with van der Waals surface area (Å²) in [4.78, 5) is 28.1. The molecule has 2 heterocycles. The van der Waals surface area contributed by atoms with E-state index in [0.717, 1.165) is 35.4 Å². The molecule has 0 aliphatic carbocycles. The summed E-state index contributed by atoms with van der Waals surface area (Å²) in [6.45, 7) is 2.13. The average Bonchev–Trinajstić information content (AvgIpc) is 3.22. The maximum absolute atomic E-state index is 13.5. The summed E-state index contributed by atoms with van der Waals surface area (Å²) in [5.74, 6) is -0.815. The van der Waals surface area contributed by atoms with Crippen LogP contribution in [0.15, 0.2) is 54.6 Å². The average molecular weight is 421 g/mol. The molecule has 154 valence electrons. The van der Waals surface area contributed by atoms with E-state index in [2.05, 4.69) is 22.4 Å². The van der Waals surface area contributed by atoms with Gasteiger partial charge < -0.3 is 4.90 Å². The lowest BCUT2D eigenvalue weighted by atomic mass is 9.79. The number of unbranched alkanes of at least 4 members (excludes halogenated alkanes) is 1. The van der Waals surface area contributed by atoms with Crippen molar-refractivity contribution in [3.8, 4) is 0 Å². The van der Waals surface area contributed by atoms with Crippen molar-refractivity contribution < 1.29 is 9.59 Å². The molecular formula is C23H24N4O2S. The van der Waals surface area contributed by atoms with Crippen LogP contribution in [0.1, 0.15) is 58.2 Å². The van der Waals surface area contributed by atoms with E-state index in [1.54, 1.807) is 18.0 Å². The molecule has 4 rings (SSSR count). The molecule has 3 aromatic rings. The molecule has 0 fully saturated rings. The van der Waals surface area contributed by atoms with Gasteiger partial charge in [0.15, 0.2) is 0 Å². The number of aryl methyl sites for hydroxylation is 1. The van der Waals surface area contributed by atoms with Crippen LogP contribution in [0.3, 0.4) is 0 Å². The lowest BCUT2D eigenvalue weighted by Crippen LogP contribution is -2.44. The molecule has 30 heavy (non-hydrogen) atoms. The van der Waals surface area contributed by atoms with E-state index in [-0.39, 0.29) is 11.8 Å². The maximum Gasteiger partial charge on any atom is 0.254 e. The first-order valence-electron chi connectivity index (χ1n) is 10.1. The molecule has 0 saturated carbocycles. The number of hydrogen-bond donors (Lipinski definition) is 1. The molecule has 2 amide bonds. The number of rotatable bonds is 6. The van der Waals surface area contributed by atoms with E-state index in [0.29, 0.717) is 10.7 Å². The minimum atomic E-state index is -0.547. The summed E-state index contributed by atoms with van der Waals surface area (Å²) < 4.78 is 0. The molecule has 2 atom stereocenters. The minimum Gasteiger partial charge on any atom is -0.334 e. The van der Waals surface area contributed by atoms with Crippen LogP contribution in [0.4, 0.5) is 5.13 Å². The van der Waals surface area contributed by atoms with Gasteiger partial charge in [-0.1, -0.05) is 73.2 Å². The third-order valence-electron chi connectivity index (χ3n) is 5.44. The molecule has 0 bridgehead atoms. The molecule has 1 N–H and O–H groups in total. The van der Waals surface area contributed by atoms with E-state index < -0.39 is 12.0 Å². The van der Waals surface area contributed by atoms with Gasteiger partial charge >= 0.3 is 0 Å². The fraction of sp³-hybridized carbons (Fsp3) is 0.304. The smallest absolute Gasteiger partial charge is 0.254 e. The highest BCUT2D eigenvalue weighted by atomic mass is 32.1. The Hall–Kier alpha value is -3.06. The monoisotopic (exact) mass is 420 g/mol. The second kappa shape index (κ2) is 8.75. The van der Waals surface area contributed by atoms with Crippen LogP contribution in [0.2, 0.25) is 0 Å². The third kappa shape index (κ3) is 3.85. The first-order valence-corrected chi connectivity index (χ1v) is 11.0. The van der Waals surface area contributed by atoms with Crippen LogP contribution in [0.25, 0.3) is 0 Å². The predicted molar refractivity (Wildman–Crippen MR) is 118 cm³/mol. The van der Waals surface area contributed by atoms with Crippen LogP contribution in [0, 0.1) is 0 Å². The molecule has 1 aliphatic heterocycles. The van der Waals surface area contributed by atoms with Gasteiger partial charge in [-0.15, -0.1) is 10.2 Å². The highest BCUT2D eigenvalue weighted by molar-refractivity contribution is 7.15. The Balaban J connectivity index is 1.70. The molecule has 6 nitrogen and oxygen atoms in total. The number of benzene rings is 2. The normalized spacial score (nSPS) is 18.2. The van der Waals surface area contributed by atoms with Crippen molar-refractivity contribution in [1.29, 1.82) is 0 Å². The lowest BCUT2D eigenvalue weighted by molar-refractivity contribution is -0.119. The first-order chi connectivity index (χ1) is 14.6. The molecule has 0 saturated heterocycles.